The van der Waals surface area contributed by atoms with Crippen LogP contribution < -0.4 is 4.74 Å². The lowest BCUT2D eigenvalue weighted by Gasteiger charge is -2.15. The average molecular weight is 340 g/mol. The van der Waals surface area contributed by atoms with Crippen molar-refractivity contribution in [1.29, 1.82) is 0 Å². The quantitative estimate of drug-likeness (QED) is 0.791. The van der Waals surface area contributed by atoms with Gasteiger partial charge in [-0.15, -0.1) is 10.2 Å². The molecular weight excluding hydrogens is 325 g/mol. The van der Waals surface area contributed by atoms with E-state index < -0.39 is 29.0 Å². The Balaban J connectivity index is 2.57. The first-order valence-corrected chi connectivity index (χ1v) is 6.93. The minimum absolute atomic E-state index is 0.334. The van der Waals surface area contributed by atoms with Crippen molar-refractivity contribution in [1.82, 2.24) is 10.2 Å². The molecule has 0 aliphatic carbocycles. The Kier molecular flexibility index (Phi) is 4.77. The van der Waals surface area contributed by atoms with Crippen LogP contribution in [0.4, 0.5) is 13.2 Å². The molecule has 8 heteroatoms. The molecule has 0 bridgehead atoms. The smallest absolute Gasteiger partial charge is 0.435 e. The van der Waals surface area contributed by atoms with E-state index in [0.717, 1.165) is 25.2 Å². The van der Waals surface area contributed by atoms with Crippen molar-refractivity contribution in [2.45, 2.75) is 26.9 Å². The number of carbonyl (C=O) groups excluding carboxylic acids is 1. The topological polar surface area (TPSA) is 61.3 Å². The molecule has 0 radical (unpaired) electrons. The molecular formula is C16H15F3N2O3. The van der Waals surface area contributed by atoms with Crippen molar-refractivity contribution in [3.05, 3.63) is 46.1 Å². The molecule has 0 fully saturated rings. The van der Waals surface area contributed by atoms with Gasteiger partial charge in [-0.2, -0.15) is 13.2 Å². The molecule has 1 heterocycles. The summed E-state index contributed by atoms with van der Waals surface area (Å²) in [5.74, 6) is -0.953. The number of nitrogens with zero attached hydrogens (tertiary/aromatic N) is 2. The molecule has 0 unspecified atom stereocenters. The molecule has 0 atom stereocenters. The monoisotopic (exact) mass is 340 g/mol. The maximum absolute atomic E-state index is 13.0. The SMILES string of the molecule is COC(=O)c1c(Oc2ccc(C)cc2C)nnc(C(F)(F)F)c1C. The number of ether oxygens (including phenoxy) is 2. The number of aryl methyl sites for hydroxylation is 2. The molecule has 128 valence electrons. The Bertz CT molecular complexity index is 789. The number of alkyl halides is 3. The summed E-state index contributed by atoms with van der Waals surface area (Å²) in [5, 5.41) is 6.60. The van der Waals surface area contributed by atoms with Crippen LogP contribution in [0.25, 0.3) is 0 Å². The van der Waals surface area contributed by atoms with Crippen molar-refractivity contribution >= 4 is 5.97 Å². The lowest BCUT2D eigenvalue weighted by Crippen LogP contribution is -2.17. The first-order valence-electron chi connectivity index (χ1n) is 6.93. The summed E-state index contributed by atoms with van der Waals surface area (Å²) in [6, 6.07) is 5.24. The van der Waals surface area contributed by atoms with Crippen molar-refractivity contribution in [3.8, 4) is 11.6 Å². The number of hydrogen-bond acceptors (Lipinski definition) is 5. The van der Waals surface area contributed by atoms with Crippen LogP contribution in [0.2, 0.25) is 0 Å². The Morgan fingerprint density at radius 2 is 1.79 bits per heavy atom. The molecule has 0 saturated heterocycles. The van der Waals surface area contributed by atoms with E-state index >= 15 is 0 Å². The lowest BCUT2D eigenvalue weighted by molar-refractivity contribution is -0.142. The van der Waals surface area contributed by atoms with E-state index in [-0.39, 0.29) is 5.88 Å². The molecule has 0 N–H and O–H groups in total. The van der Waals surface area contributed by atoms with Crippen LogP contribution in [0.3, 0.4) is 0 Å². The number of hydrogen-bond donors (Lipinski definition) is 0. The third-order valence-corrected chi connectivity index (χ3v) is 3.38. The third kappa shape index (κ3) is 3.47. The standard InChI is InChI=1S/C16H15F3N2O3/c1-8-5-6-11(9(2)7-8)24-14-12(15(22)23-4)10(3)13(20-21-14)16(17,18)19/h5-7H,1-4H3. The van der Waals surface area contributed by atoms with Crippen LogP contribution in [0, 0.1) is 20.8 Å². The minimum atomic E-state index is -4.74. The van der Waals surface area contributed by atoms with E-state index in [1.165, 1.54) is 0 Å². The van der Waals surface area contributed by atoms with Gasteiger partial charge in [-0.3, -0.25) is 0 Å². The van der Waals surface area contributed by atoms with Gasteiger partial charge in [0.25, 0.3) is 5.88 Å². The fraction of sp³-hybridized carbons (Fsp3) is 0.312. The zero-order chi connectivity index (χ0) is 18.1. The fourth-order valence-corrected chi connectivity index (χ4v) is 2.20. The van der Waals surface area contributed by atoms with E-state index in [1.807, 2.05) is 13.0 Å². The van der Waals surface area contributed by atoms with Gasteiger partial charge in [0.05, 0.1) is 7.11 Å². The first kappa shape index (κ1) is 17.7. The number of methoxy groups -OCH3 is 1. The average Bonchev–Trinajstić information content (AvgIpc) is 2.48. The van der Waals surface area contributed by atoms with Crippen molar-refractivity contribution in [2.75, 3.05) is 7.11 Å². The molecule has 24 heavy (non-hydrogen) atoms. The van der Waals surface area contributed by atoms with E-state index in [1.54, 1.807) is 19.1 Å². The van der Waals surface area contributed by atoms with Crippen molar-refractivity contribution in [2.24, 2.45) is 0 Å². The predicted octanol–water partition coefficient (Wildman–Crippen LogP) is 4.00. The Labute approximate surface area is 136 Å². The van der Waals surface area contributed by atoms with Crippen LogP contribution >= 0.6 is 0 Å². The second-order valence-corrected chi connectivity index (χ2v) is 5.21. The fourth-order valence-electron chi connectivity index (χ4n) is 2.20. The molecule has 0 aliphatic rings. The van der Waals surface area contributed by atoms with Crippen LogP contribution in [0.15, 0.2) is 18.2 Å². The van der Waals surface area contributed by atoms with E-state index in [0.29, 0.717) is 5.75 Å². The third-order valence-electron chi connectivity index (χ3n) is 3.38. The Morgan fingerprint density at radius 3 is 2.33 bits per heavy atom. The summed E-state index contributed by atoms with van der Waals surface area (Å²) in [6.07, 6.45) is -4.74. The number of rotatable bonds is 3. The highest BCUT2D eigenvalue weighted by Gasteiger charge is 2.38. The maximum Gasteiger partial charge on any atom is 0.435 e. The number of aromatic nitrogens is 2. The van der Waals surface area contributed by atoms with E-state index in [9.17, 15) is 18.0 Å². The van der Waals surface area contributed by atoms with Gasteiger partial charge in [0, 0.05) is 5.56 Å². The van der Waals surface area contributed by atoms with Gasteiger partial charge >= 0.3 is 12.1 Å². The molecule has 0 saturated carbocycles. The summed E-state index contributed by atoms with van der Waals surface area (Å²) in [4.78, 5) is 11.9. The zero-order valence-corrected chi connectivity index (χ0v) is 13.5. The van der Waals surface area contributed by atoms with Crippen LogP contribution in [0.5, 0.6) is 11.6 Å². The summed E-state index contributed by atoms with van der Waals surface area (Å²) in [6.45, 7) is 4.78. The highest BCUT2D eigenvalue weighted by Crippen LogP contribution is 2.35. The van der Waals surface area contributed by atoms with Gasteiger partial charge in [0.1, 0.15) is 11.3 Å². The lowest BCUT2D eigenvalue weighted by atomic mass is 10.1. The largest absolute Gasteiger partial charge is 0.465 e. The number of benzene rings is 1. The molecule has 1 aromatic heterocycles. The summed E-state index contributed by atoms with van der Waals surface area (Å²) >= 11 is 0. The molecule has 0 spiro atoms. The van der Waals surface area contributed by atoms with Gasteiger partial charge in [-0.1, -0.05) is 17.7 Å². The first-order chi connectivity index (χ1) is 11.1. The molecule has 2 aromatic rings. The Morgan fingerprint density at radius 1 is 1.12 bits per heavy atom. The second-order valence-electron chi connectivity index (χ2n) is 5.21. The van der Waals surface area contributed by atoms with Gasteiger partial charge in [0.2, 0.25) is 0 Å². The van der Waals surface area contributed by atoms with Crippen LogP contribution in [-0.2, 0) is 10.9 Å². The van der Waals surface area contributed by atoms with Crippen molar-refractivity contribution < 1.29 is 27.4 Å². The highest BCUT2D eigenvalue weighted by atomic mass is 19.4. The second kappa shape index (κ2) is 6.46. The Hall–Kier alpha value is -2.64. The molecule has 0 aliphatic heterocycles. The number of halogens is 3. The molecule has 1 aromatic carbocycles. The zero-order valence-electron chi connectivity index (χ0n) is 13.5. The maximum atomic E-state index is 13.0. The number of carbonyl (C=O) groups is 1. The van der Waals surface area contributed by atoms with Gasteiger partial charge in [-0.25, -0.2) is 4.79 Å². The molecule has 2 rings (SSSR count). The predicted molar refractivity (Wildman–Crippen MR) is 79.1 cm³/mol. The van der Waals surface area contributed by atoms with Gasteiger partial charge < -0.3 is 9.47 Å². The highest BCUT2D eigenvalue weighted by molar-refractivity contribution is 5.93. The number of esters is 1. The summed E-state index contributed by atoms with van der Waals surface area (Å²) in [7, 11) is 1.07. The summed E-state index contributed by atoms with van der Waals surface area (Å²) < 4.78 is 49.0. The van der Waals surface area contributed by atoms with Crippen LogP contribution in [-0.4, -0.2) is 23.3 Å². The molecule has 0 amide bonds. The van der Waals surface area contributed by atoms with E-state index in [2.05, 4.69) is 14.9 Å². The van der Waals surface area contributed by atoms with Gasteiger partial charge in [0.15, 0.2) is 5.69 Å². The van der Waals surface area contributed by atoms with Gasteiger partial charge in [-0.05, 0) is 32.4 Å². The molecule has 5 nitrogen and oxygen atoms in total. The summed E-state index contributed by atoms with van der Waals surface area (Å²) in [5.41, 5.74) is -0.326. The van der Waals surface area contributed by atoms with Crippen molar-refractivity contribution in [3.63, 3.8) is 0 Å². The van der Waals surface area contributed by atoms with E-state index in [4.69, 9.17) is 4.74 Å². The minimum Gasteiger partial charge on any atom is -0.465 e. The normalized spacial score (nSPS) is 11.3. The van der Waals surface area contributed by atoms with Crippen LogP contribution in [0.1, 0.15) is 32.7 Å².